The first-order valence-corrected chi connectivity index (χ1v) is 10.5. The van der Waals surface area contributed by atoms with Crippen molar-refractivity contribution >= 4 is 34.1 Å². The highest BCUT2D eigenvalue weighted by molar-refractivity contribution is 8.01. The number of amides is 1. The Balaban J connectivity index is 1.46. The first-order valence-electron chi connectivity index (χ1n) is 8.74. The van der Waals surface area contributed by atoms with Crippen LogP contribution in [0.5, 0.6) is 0 Å². The van der Waals surface area contributed by atoms with E-state index in [1.54, 1.807) is 11.3 Å². The number of carbonyl (C=O) groups excluding carboxylic acids is 1. The van der Waals surface area contributed by atoms with Crippen molar-refractivity contribution in [3.8, 4) is 0 Å². The number of carbonyl (C=O) groups is 1. The zero-order valence-corrected chi connectivity index (χ0v) is 15.4. The van der Waals surface area contributed by atoms with Crippen LogP contribution in [0.25, 0.3) is 0 Å². The van der Waals surface area contributed by atoms with Gasteiger partial charge in [-0.1, -0.05) is 42.4 Å². The number of nitrogens with one attached hydrogen (secondary N) is 1. The van der Waals surface area contributed by atoms with Crippen LogP contribution in [0, 0.1) is 0 Å². The van der Waals surface area contributed by atoms with Crippen molar-refractivity contribution in [2.24, 2.45) is 0 Å². The van der Waals surface area contributed by atoms with Crippen molar-refractivity contribution in [2.75, 3.05) is 17.6 Å². The zero-order chi connectivity index (χ0) is 16.1. The highest BCUT2D eigenvalue weighted by Crippen LogP contribution is 2.29. The van der Waals surface area contributed by atoms with Gasteiger partial charge in [0, 0.05) is 18.6 Å². The molecule has 1 aromatic heterocycles. The average Bonchev–Trinajstić information content (AvgIpc) is 3.01. The maximum absolute atomic E-state index is 12.4. The minimum Gasteiger partial charge on any atom is -0.357 e. The van der Waals surface area contributed by atoms with Gasteiger partial charge in [0.25, 0.3) is 0 Å². The normalized spacial score (nSPS) is 23.0. The highest BCUT2D eigenvalue weighted by atomic mass is 32.2. The molecular formula is C16H26N4OS2. The van der Waals surface area contributed by atoms with Crippen LogP contribution in [0.3, 0.4) is 0 Å². The van der Waals surface area contributed by atoms with Gasteiger partial charge in [0.2, 0.25) is 11.0 Å². The molecular weight excluding hydrogens is 328 g/mol. The van der Waals surface area contributed by atoms with Gasteiger partial charge in [0.05, 0.1) is 5.75 Å². The molecule has 0 spiro atoms. The van der Waals surface area contributed by atoms with Crippen LogP contribution in [-0.2, 0) is 4.79 Å². The molecule has 23 heavy (non-hydrogen) atoms. The van der Waals surface area contributed by atoms with Crippen molar-refractivity contribution in [1.29, 1.82) is 0 Å². The van der Waals surface area contributed by atoms with Crippen molar-refractivity contribution in [1.82, 2.24) is 15.1 Å². The van der Waals surface area contributed by atoms with E-state index < -0.39 is 0 Å². The van der Waals surface area contributed by atoms with Gasteiger partial charge in [-0.15, -0.1) is 10.2 Å². The van der Waals surface area contributed by atoms with Gasteiger partial charge in [-0.2, -0.15) is 0 Å². The Hall–Kier alpha value is -0.820. The standard InChI is InChI=1S/C16H26N4OS2/c1-12-7-5-6-10-20(12)14(21)11-22-16-19-18-15(23-16)17-13-8-3-2-4-9-13/h12-13H,2-11H2,1H3,(H,17,18). The summed E-state index contributed by atoms with van der Waals surface area (Å²) in [7, 11) is 0. The van der Waals surface area contributed by atoms with E-state index in [1.807, 2.05) is 4.90 Å². The third-order valence-corrected chi connectivity index (χ3v) is 6.75. The lowest BCUT2D eigenvalue weighted by Crippen LogP contribution is -2.42. The van der Waals surface area contributed by atoms with E-state index in [4.69, 9.17) is 0 Å². The summed E-state index contributed by atoms with van der Waals surface area (Å²) in [5.74, 6) is 0.710. The summed E-state index contributed by atoms with van der Waals surface area (Å²) >= 11 is 3.10. The second kappa shape index (κ2) is 8.33. The predicted molar refractivity (Wildman–Crippen MR) is 96.2 cm³/mol. The summed E-state index contributed by atoms with van der Waals surface area (Å²) in [6.07, 6.45) is 9.93. The van der Waals surface area contributed by atoms with Gasteiger partial charge in [-0.25, -0.2) is 0 Å². The molecule has 3 rings (SSSR count). The van der Waals surface area contributed by atoms with E-state index in [9.17, 15) is 4.79 Å². The lowest BCUT2D eigenvalue weighted by Gasteiger charge is -2.33. The quantitative estimate of drug-likeness (QED) is 0.816. The molecule has 1 saturated heterocycles. The number of thioether (sulfide) groups is 1. The minimum atomic E-state index is 0.235. The number of nitrogens with zero attached hydrogens (tertiary/aromatic N) is 3. The lowest BCUT2D eigenvalue weighted by molar-refractivity contribution is -0.131. The third-order valence-electron chi connectivity index (χ3n) is 4.78. The van der Waals surface area contributed by atoms with Crippen LogP contribution < -0.4 is 5.32 Å². The molecule has 2 heterocycles. The monoisotopic (exact) mass is 354 g/mol. The van der Waals surface area contributed by atoms with Crippen LogP contribution in [0.15, 0.2) is 4.34 Å². The Morgan fingerprint density at radius 3 is 2.78 bits per heavy atom. The molecule has 0 bridgehead atoms. The Kier molecular flexibility index (Phi) is 6.16. The Morgan fingerprint density at radius 1 is 1.22 bits per heavy atom. The number of hydrogen-bond acceptors (Lipinski definition) is 6. The molecule has 0 aromatic carbocycles. The Morgan fingerprint density at radius 2 is 2.00 bits per heavy atom. The van der Waals surface area contributed by atoms with Gasteiger partial charge in [0.15, 0.2) is 4.34 Å². The SMILES string of the molecule is CC1CCCCN1C(=O)CSc1nnc(NC2CCCCC2)s1. The summed E-state index contributed by atoms with van der Waals surface area (Å²) in [5.41, 5.74) is 0. The molecule has 1 atom stereocenters. The molecule has 1 saturated carbocycles. The van der Waals surface area contributed by atoms with Gasteiger partial charge in [-0.3, -0.25) is 4.79 Å². The fourth-order valence-electron chi connectivity index (χ4n) is 3.42. The van der Waals surface area contributed by atoms with Crippen LogP contribution in [0.4, 0.5) is 5.13 Å². The number of anilines is 1. The number of aromatic nitrogens is 2. The number of rotatable bonds is 5. The summed E-state index contributed by atoms with van der Waals surface area (Å²) in [6, 6.07) is 0.931. The van der Waals surface area contributed by atoms with Crippen LogP contribution in [-0.4, -0.2) is 45.4 Å². The van der Waals surface area contributed by atoms with Gasteiger partial charge in [0.1, 0.15) is 0 Å². The minimum absolute atomic E-state index is 0.235. The molecule has 7 heteroatoms. The second-order valence-corrected chi connectivity index (χ2v) is 8.77. The largest absolute Gasteiger partial charge is 0.357 e. The summed E-state index contributed by atoms with van der Waals surface area (Å²) < 4.78 is 0.890. The molecule has 1 unspecified atom stereocenters. The second-order valence-electron chi connectivity index (χ2n) is 6.57. The van der Waals surface area contributed by atoms with E-state index in [1.165, 1.54) is 50.3 Å². The molecule has 128 valence electrons. The van der Waals surface area contributed by atoms with Crippen LogP contribution in [0.1, 0.15) is 58.3 Å². The van der Waals surface area contributed by atoms with Crippen LogP contribution in [0.2, 0.25) is 0 Å². The van der Waals surface area contributed by atoms with E-state index in [0.717, 1.165) is 28.9 Å². The topological polar surface area (TPSA) is 58.1 Å². The van der Waals surface area contributed by atoms with Gasteiger partial charge < -0.3 is 10.2 Å². The number of piperidine rings is 1. The molecule has 1 aliphatic carbocycles. The average molecular weight is 355 g/mol. The summed E-state index contributed by atoms with van der Waals surface area (Å²) in [5, 5.41) is 12.8. The molecule has 1 amide bonds. The highest BCUT2D eigenvalue weighted by Gasteiger charge is 2.23. The van der Waals surface area contributed by atoms with E-state index in [0.29, 0.717) is 17.8 Å². The van der Waals surface area contributed by atoms with E-state index in [-0.39, 0.29) is 5.91 Å². The maximum Gasteiger partial charge on any atom is 0.233 e. The number of hydrogen-bond donors (Lipinski definition) is 1. The lowest BCUT2D eigenvalue weighted by atomic mass is 9.96. The van der Waals surface area contributed by atoms with Gasteiger partial charge >= 0.3 is 0 Å². The van der Waals surface area contributed by atoms with E-state index in [2.05, 4.69) is 22.4 Å². The van der Waals surface area contributed by atoms with Crippen molar-refractivity contribution in [3.05, 3.63) is 0 Å². The third kappa shape index (κ3) is 4.83. The van der Waals surface area contributed by atoms with Gasteiger partial charge in [-0.05, 0) is 39.0 Å². The molecule has 2 fully saturated rings. The van der Waals surface area contributed by atoms with Crippen molar-refractivity contribution in [2.45, 2.75) is 74.7 Å². The van der Waals surface area contributed by atoms with Crippen LogP contribution >= 0.6 is 23.1 Å². The van der Waals surface area contributed by atoms with E-state index >= 15 is 0 Å². The fourth-order valence-corrected chi connectivity index (χ4v) is 5.14. The van der Waals surface area contributed by atoms with Crippen molar-refractivity contribution < 1.29 is 4.79 Å². The first-order chi connectivity index (χ1) is 11.2. The van der Waals surface area contributed by atoms with Crippen molar-refractivity contribution in [3.63, 3.8) is 0 Å². The fraction of sp³-hybridized carbons (Fsp3) is 0.812. The molecule has 1 aliphatic heterocycles. The number of likely N-dealkylation sites (tertiary alicyclic amines) is 1. The smallest absolute Gasteiger partial charge is 0.233 e. The molecule has 2 aliphatic rings. The predicted octanol–water partition coefficient (Wildman–Crippen LogP) is 3.78. The summed E-state index contributed by atoms with van der Waals surface area (Å²) in [6.45, 7) is 3.06. The zero-order valence-electron chi connectivity index (χ0n) is 13.8. The molecule has 5 nitrogen and oxygen atoms in total. The first kappa shape index (κ1) is 17.0. The Bertz CT molecular complexity index is 516. The Labute approximate surface area is 146 Å². The molecule has 1 N–H and O–H groups in total. The maximum atomic E-state index is 12.4. The molecule has 1 aromatic rings. The summed E-state index contributed by atoms with van der Waals surface area (Å²) in [4.78, 5) is 14.4. The molecule has 0 radical (unpaired) electrons.